The van der Waals surface area contributed by atoms with Gasteiger partial charge in [-0.3, -0.25) is 4.79 Å². The molecule has 22 heavy (non-hydrogen) atoms. The molecule has 0 bridgehead atoms. The molecule has 0 aliphatic carbocycles. The topological polar surface area (TPSA) is 54.4 Å². The Labute approximate surface area is 131 Å². The lowest BCUT2D eigenvalue weighted by molar-refractivity contribution is 0.0695. The van der Waals surface area contributed by atoms with Gasteiger partial charge in [0.1, 0.15) is 0 Å². The number of carboxylic acid groups (broad SMARTS) is 1. The van der Waals surface area contributed by atoms with Crippen LogP contribution in [0.3, 0.4) is 0 Å². The van der Waals surface area contributed by atoms with Crippen LogP contribution in [0.5, 0.6) is 0 Å². The van der Waals surface area contributed by atoms with Crippen molar-refractivity contribution in [3.63, 3.8) is 0 Å². The third-order valence-corrected chi connectivity index (χ3v) is 3.75. The summed E-state index contributed by atoms with van der Waals surface area (Å²) in [5.74, 6) is -1.45. The first kappa shape index (κ1) is 14.3. The minimum atomic E-state index is -1.12. The fourth-order valence-corrected chi connectivity index (χ4v) is 2.57. The first-order chi connectivity index (χ1) is 10.6. The van der Waals surface area contributed by atoms with Crippen molar-refractivity contribution in [3.8, 4) is 0 Å². The smallest absolute Gasteiger partial charge is 0.337 e. The van der Waals surface area contributed by atoms with Crippen molar-refractivity contribution >= 4 is 34.1 Å². The number of carbonyl (C=O) groups is 2. The van der Waals surface area contributed by atoms with Crippen molar-refractivity contribution < 1.29 is 14.7 Å². The van der Waals surface area contributed by atoms with Crippen LogP contribution in [-0.2, 0) is 0 Å². The average molecular weight is 311 g/mol. The van der Waals surface area contributed by atoms with E-state index in [-0.39, 0.29) is 16.9 Å². The molecule has 0 atom stereocenters. The largest absolute Gasteiger partial charge is 0.478 e. The molecule has 0 heterocycles. The molecule has 0 saturated carbocycles. The van der Waals surface area contributed by atoms with Gasteiger partial charge in [0.15, 0.2) is 5.78 Å². The quantitative estimate of drug-likeness (QED) is 0.728. The van der Waals surface area contributed by atoms with Crippen LogP contribution in [0.25, 0.3) is 10.8 Å². The number of hydrogen-bond donors (Lipinski definition) is 1. The SMILES string of the molecule is O=C(c1ccc(Cl)cc1)c1ccc2ccccc2c1C(=O)O. The normalized spacial score (nSPS) is 10.6. The lowest BCUT2D eigenvalue weighted by Gasteiger charge is -2.09. The molecule has 0 aromatic heterocycles. The van der Waals surface area contributed by atoms with E-state index in [1.165, 1.54) is 0 Å². The monoisotopic (exact) mass is 310 g/mol. The molecule has 0 aliphatic rings. The molecule has 3 nitrogen and oxygen atoms in total. The average Bonchev–Trinajstić information content (AvgIpc) is 2.53. The summed E-state index contributed by atoms with van der Waals surface area (Å²) in [6.45, 7) is 0. The Hall–Kier alpha value is -2.65. The third kappa shape index (κ3) is 2.47. The molecule has 0 spiro atoms. The van der Waals surface area contributed by atoms with Crippen molar-refractivity contribution in [2.24, 2.45) is 0 Å². The summed E-state index contributed by atoms with van der Waals surface area (Å²) in [4.78, 5) is 24.3. The second-order valence-electron chi connectivity index (χ2n) is 4.85. The van der Waals surface area contributed by atoms with Crippen LogP contribution >= 0.6 is 11.6 Å². The van der Waals surface area contributed by atoms with Gasteiger partial charge in [-0.2, -0.15) is 0 Å². The maximum absolute atomic E-state index is 12.6. The van der Waals surface area contributed by atoms with Crippen LogP contribution in [-0.4, -0.2) is 16.9 Å². The van der Waals surface area contributed by atoms with Gasteiger partial charge in [0, 0.05) is 16.1 Å². The molecule has 108 valence electrons. The van der Waals surface area contributed by atoms with Crippen LogP contribution in [0.4, 0.5) is 0 Å². The van der Waals surface area contributed by atoms with Gasteiger partial charge in [0.2, 0.25) is 0 Å². The van der Waals surface area contributed by atoms with Crippen LogP contribution in [0.15, 0.2) is 60.7 Å². The van der Waals surface area contributed by atoms with Crippen molar-refractivity contribution in [1.82, 2.24) is 0 Å². The molecule has 1 N–H and O–H groups in total. The fourth-order valence-electron chi connectivity index (χ4n) is 2.45. The highest BCUT2D eigenvalue weighted by Gasteiger charge is 2.20. The van der Waals surface area contributed by atoms with E-state index >= 15 is 0 Å². The van der Waals surface area contributed by atoms with Gasteiger partial charge in [-0.05, 0) is 41.1 Å². The molecule has 0 unspecified atom stereocenters. The third-order valence-electron chi connectivity index (χ3n) is 3.49. The molecule has 0 amide bonds. The Morgan fingerprint density at radius 1 is 0.864 bits per heavy atom. The first-order valence-electron chi connectivity index (χ1n) is 6.63. The zero-order valence-corrected chi connectivity index (χ0v) is 12.2. The summed E-state index contributed by atoms with van der Waals surface area (Å²) in [6, 6.07) is 16.8. The van der Waals surface area contributed by atoms with E-state index in [4.69, 9.17) is 11.6 Å². The summed E-state index contributed by atoms with van der Waals surface area (Å²) in [5, 5.41) is 11.4. The predicted molar refractivity (Wildman–Crippen MR) is 85.8 cm³/mol. The van der Waals surface area contributed by atoms with Gasteiger partial charge < -0.3 is 5.11 Å². The number of benzene rings is 3. The van der Waals surface area contributed by atoms with Gasteiger partial charge in [0.25, 0.3) is 0 Å². The van der Waals surface area contributed by atoms with Gasteiger partial charge in [-0.1, -0.05) is 41.9 Å². The van der Waals surface area contributed by atoms with Crippen molar-refractivity contribution in [2.75, 3.05) is 0 Å². The van der Waals surface area contributed by atoms with Crippen LogP contribution < -0.4 is 0 Å². The van der Waals surface area contributed by atoms with E-state index in [1.54, 1.807) is 48.5 Å². The number of carbonyl (C=O) groups excluding carboxylic acids is 1. The summed E-state index contributed by atoms with van der Waals surface area (Å²) < 4.78 is 0. The number of hydrogen-bond acceptors (Lipinski definition) is 2. The molecule has 0 fully saturated rings. The Balaban J connectivity index is 2.22. The molecular weight excluding hydrogens is 300 g/mol. The number of aromatic carboxylic acids is 1. The van der Waals surface area contributed by atoms with Crippen LogP contribution in [0.2, 0.25) is 5.02 Å². The number of rotatable bonds is 3. The summed E-state index contributed by atoms with van der Waals surface area (Å²) in [5.41, 5.74) is 0.605. The summed E-state index contributed by atoms with van der Waals surface area (Å²) in [7, 11) is 0. The molecule has 3 rings (SSSR count). The number of halogens is 1. The number of ketones is 1. The molecule has 4 heteroatoms. The van der Waals surface area contributed by atoms with E-state index < -0.39 is 5.97 Å². The van der Waals surface area contributed by atoms with Crippen molar-refractivity contribution in [2.45, 2.75) is 0 Å². The van der Waals surface area contributed by atoms with E-state index in [1.807, 2.05) is 12.1 Å². The zero-order valence-electron chi connectivity index (χ0n) is 11.4. The van der Waals surface area contributed by atoms with E-state index in [2.05, 4.69) is 0 Å². The highest BCUT2D eigenvalue weighted by molar-refractivity contribution is 6.30. The second-order valence-corrected chi connectivity index (χ2v) is 5.29. The van der Waals surface area contributed by atoms with E-state index in [0.29, 0.717) is 16.0 Å². The molecule has 0 aliphatic heterocycles. The van der Waals surface area contributed by atoms with Gasteiger partial charge in [-0.25, -0.2) is 4.79 Å². The number of fused-ring (bicyclic) bond motifs is 1. The highest BCUT2D eigenvalue weighted by Crippen LogP contribution is 2.25. The van der Waals surface area contributed by atoms with Crippen molar-refractivity contribution in [3.05, 3.63) is 82.4 Å². The standard InChI is InChI=1S/C18H11ClO3/c19-13-8-5-12(6-9-13)17(20)15-10-7-11-3-1-2-4-14(11)16(15)18(21)22/h1-10H,(H,21,22). The Morgan fingerprint density at radius 3 is 2.23 bits per heavy atom. The minimum absolute atomic E-state index is 0.0260. The Morgan fingerprint density at radius 2 is 1.55 bits per heavy atom. The van der Waals surface area contributed by atoms with Crippen LogP contribution in [0, 0.1) is 0 Å². The summed E-state index contributed by atoms with van der Waals surface area (Å²) >= 11 is 5.82. The van der Waals surface area contributed by atoms with E-state index in [0.717, 1.165) is 5.39 Å². The zero-order chi connectivity index (χ0) is 15.7. The van der Waals surface area contributed by atoms with E-state index in [9.17, 15) is 14.7 Å². The van der Waals surface area contributed by atoms with Gasteiger partial charge in [-0.15, -0.1) is 0 Å². The maximum Gasteiger partial charge on any atom is 0.337 e. The molecule has 0 radical (unpaired) electrons. The minimum Gasteiger partial charge on any atom is -0.478 e. The molecule has 3 aromatic rings. The summed E-state index contributed by atoms with van der Waals surface area (Å²) in [6.07, 6.45) is 0. The highest BCUT2D eigenvalue weighted by atomic mass is 35.5. The molecule has 3 aromatic carbocycles. The Kier molecular flexibility index (Phi) is 3.65. The molecule has 0 saturated heterocycles. The predicted octanol–water partition coefficient (Wildman–Crippen LogP) is 4.42. The fraction of sp³-hybridized carbons (Fsp3) is 0. The number of carboxylic acids is 1. The van der Waals surface area contributed by atoms with Gasteiger partial charge in [0.05, 0.1) is 5.56 Å². The maximum atomic E-state index is 12.6. The lowest BCUT2D eigenvalue weighted by Crippen LogP contribution is -2.10. The second kappa shape index (κ2) is 5.62. The lowest BCUT2D eigenvalue weighted by atomic mass is 9.93. The van der Waals surface area contributed by atoms with Crippen LogP contribution in [0.1, 0.15) is 26.3 Å². The van der Waals surface area contributed by atoms with Gasteiger partial charge >= 0.3 is 5.97 Å². The van der Waals surface area contributed by atoms with Crippen molar-refractivity contribution in [1.29, 1.82) is 0 Å². The molecular formula is C18H11ClO3. The first-order valence-corrected chi connectivity index (χ1v) is 7.01. The Bertz CT molecular complexity index is 882.